The minimum atomic E-state index is -0.441. The topological polar surface area (TPSA) is 62.7 Å². The van der Waals surface area contributed by atoms with Crippen LogP contribution in [0.4, 0.5) is 0 Å². The first kappa shape index (κ1) is 17.5. The number of nitrogens with zero attached hydrogens (tertiary/aromatic N) is 3. The Bertz CT molecular complexity index is 855. The molecule has 140 valence electrons. The highest BCUT2D eigenvalue weighted by Crippen LogP contribution is 2.41. The normalized spacial score (nSPS) is 21.9. The highest BCUT2D eigenvalue weighted by atomic mass is 16.5. The van der Waals surface area contributed by atoms with Gasteiger partial charge in [0.15, 0.2) is 0 Å². The Hall–Kier alpha value is -2.89. The average molecular weight is 365 g/mol. The van der Waals surface area contributed by atoms with E-state index in [4.69, 9.17) is 4.74 Å². The number of ether oxygens (including phenoxy) is 1. The molecule has 6 heteroatoms. The molecule has 3 heterocycles. The molecule has 2 aliphatic heterocycles. The van der Waals surface area contributed by atoms with Crippen LogP contribution in [-0.4, -0.2) is 53.3 Å². The van der Waals surface area contributed by atoms with E-state index in [0.717, 1.165) is 30.7 Å². The summed E-state index contributed by atoms with van der Waals surface area (Å²) < 4.78 is 5.27. The summed E-state index contributed by atoms with van der Waals surface area (Å²) in [5.41, 5.74) is 1.05. The Morgan fingerprint density at radius 3 is 2.81 bits per heavy atom. The summed E-state index contributed by atoms with van der Waals surface area (Å²) in [7, 11) is 1.64. The van der Waals surface area contributed by atoms with Crippen LogP contribution in [0.5, 0.6) is 5.75 Å². The zero-order valence-corrected chi connectivity index (χ0v) is 15.4. The molecule has 2 amide bonds. The lowest BCUT2D eigenvalue weighted by Crippen LogP contribution is -2.38. The number of aromatic nitrogens is 1. The number of carbonyl (C=O) groups excluding carboxylic acids is 2. The van der Waals surface area contributed by atoms with Crippen LogP contribution in [-0.2, 0) is 11.3 Å². The van der Waals surface area contributed by atoms with Crippen molar-refractivity contribution in [3.05, 3.63) is 59.9 Å². The van der Waals surface area contributed by atoms with Crippen LogP contribution >= 0.6 is 0 Å². The van der Waals surface area contributed by atoms with Crippen LogP contribution in [0.2, 0.25) is 0 Å². The van der Waals surface area contributed by atoms with E-state index in [0.29, 0.717) is 25.3 Å². The van der Waals surface area contributed by atoms with Crippen molar-refractivity contribution in [1.82, 2.24) is 14.8 Å². The van der Waals surface area contributed by atoms with E-state index in [1.807, 2.05) is 35.2 Å². The number of likely N-dealkylation sites (tertiary alicyclic amines) is 2. The van der Waals surface area contributed by atoms with Gasteiger partial charge >= 0.3 is 0 Å². The molecule has 0 bridgehead atoms. The van der Waals surface area contributed by atoms with Crippen LogP contribution in [0.1, 0.15) is 28.9 Å². The van der Waals surface area contributed by atoms with Gasteiger partial charge in [-0.05, 0) is 42.7 Å². The summed E-state index contributed by atoms with van der Waals surface area (Å²) >= 11 is 0. The highest BCUT2D eigenvalue weighted by molar-refractivity contribution is 5.94. The maximum absolute atomic E-state index is 13.1. The third-order valence-corrected chi connectivity index (χ3v) is 5.63. The Morgan fingerprint density at radius 1 is 1.19 bits per heavy atom. The molecule has 1 aromatic carbocycles. The Labute approximate surface area is 158 Å². The van der Waals surface area contributed by atoms with Gasteiger partial charge in [0, 0.05) is 32.4 Å². The molecular formula is C21H23N3O3. The smallest absolute Gasteiger partial charge is 0.272 e. The number of rotatable bonds is 4. The summed E-state index contributed by atoms with van der Waals surface area (Å²) in [5.74, 6) is 0.857. The molecule has 1 spiro atoms. The van der Waals surface area contributed by atoms with E-state index in [1.165, 1.54) is 0 Å². The largest absolute Gasteiger partial charge is 0.497 e. The number of hydrogen-bond acceptors (Lipinski definition) is 4. The van der Waals surface area contributed by atoms with Crippen LogP contribution in [0.25, 0.3) is 0 Å². The fourth-order valence-corrected chi connectivity index (χ4v) is 4.11. The van der Waals surface area contributed by atoms with Gasteiger partial charge < -0.3 is 14.5 Å². The second kappa shape index (κ2) is 7.02. The molecule has 2 saturated heterocycles. The molecular weight excluding hydrogens is 342 g/mol. The summed E-state index contributed by atoms with van der Waals surface area (Å²) in [4.78, 5) is 33.6. The van der Waals surface area contributed by atoms with Crippen molar-refractivity contribution >= 4 is 11.8 Å². The number of carbonyl (C=O) groups is 2. The molecule has 0 saturated carbocycles. The van der Waals surface area contributed by atoms with Gasteiger partial charge in [0.05, 0.1) is 12.5 Å². The molecule has 0 radical (unpaired) electrons. The van der Waals surface area contributed by atoms with Crippen molar-refractivity contribution in [2.24, 2.45) is 5.41 Å². The number of pyridine rings is 1. The molecule has 0 unspecified atom stereocenters. The minimum Gasteiger partial charge on any atom is -0.497 e. The first-order valence-corrected chi connectivity index (χ1v) is 9.24. The second-order valence-electron chi connectivity index (χ2n) is 7.30. The van der Waals surface area contributed by atoms with Gasteiger partial charge in [0.1, 0.15) is 11.4 Å². The number of benzene rings is 1. The van der Waals surface area contributed by atoms with E-state index >= 15 is 0 Å². The number of methoxy groups -OCH3 is 1. The molecule has 2 aliphatic rings. The molecule has 2 fully saturated rings. The summed E-state index contributed by atoms with van der Waals surface area (Å²) in [6.45, 7) is 2.39. The fourth-order valence-electron chi connectivity index (χ4n) is 4.11. The van der Waals surface area contributed by atoms with Crippen molar-refractivity contribution in [3.8, 4) is 5.75 Å². The molecule has 4 rings (SSSR count). The molecule has 6 nitrogen and oxygen atoms in total. The Morgan fingerprint density at radius 2 is 2.04 bits per heavy atom. The van der Waals surface area contributed by atoms with Crippen LogP contribution in [0.15, 0.2) is 48.7 Å². The lowest BCUT2D eigenvalue weighted by atomic mass is 9.85. The molecule has 2 aromatic rings. The summed E-state index contributed by atoms with van der Waals surface area (Å²) in [5, 5.41) is 0. The van der Waals surface area contributed by atoms with Gasteiger partial charge in [-0.3, -0.25) is 14.6 Å². The average Bonchev–Trinajstić information content (AvgIpc) is 3.28. The molecule has 1 atom stereocenters. The van der Waals surface area contributed by atoms with Gasteiger partial charge in [-0.1, -0.05) is 18.2 Å². The summed E-state index contributed by atoms with van der Waals surface area (Å²) in [6.07, 6.45) is 3.14. The van der Waals surface area contributed by atoms with Crippen molar-refractivity contribution in [2.45, 2.75) is 19.4 Å². The highest BCUT2D eigenvalue weighted by Gasteiger charge is 2.51. The Balaban J connectivity index is 1.44. The van der Waals surface area contributed by atoms with E-state index in [1.54, 1.807) is 30.3 Å². The van der Waals surface area contributed by atoms with Gasteiger partial charge in [0.2, 0.25) is 5.91 Å². The zero-order chi connectivity index (χ0) is 18.9. The van der Waals surface area contributed by atoms with E-state index in [2.05, 4.69) is 4.98 Å². The van der Waals surface area contributed by atoms with E-state index in [-0.39, 0.29) is 11.8 Å². The van der Waals surface area contributed by atoms with Gasteiger partial charge in [-0.2, -0.15) is 0 Å². The van der Waals surface area contributed by atoms with Gasteiger partial charge in [-0.25, -0.2) is 0 Å². The predicted molar refractivity (Wildman–Crippen MR) is 100 cm³/mol. The minimum absolute atomic E-state index is 0.0912. The van der Waals surface area contributed by atoms with Crippen LogP contribution < -0.4 is 4.74 Å². The van der Waals surface area contributed by atoms with Gasteiger partial charge in [-0.15, -0.1) is 0 Å². The number of amides is 2. The third-order valence-electron chi connectivity index (χ3n) is 5.63. The van der Waals surface area contributed by atoms with Crippen molar-refractivity contribution in [2.75, 3.05) is 26.7 Å². The first-order chi connectivity index (χ1) is 13.1. The summed E-state index contributed by atoms with van der Waals surface area (Å²) in [6, 6.07) is 13.1. The lowest BCUT2D eigenvalue weighted by molar-refractivity contribution is -0.135. The zero-order valence-electron chi connectivity index (χ0n) is 15.4. The second-order valence-corrected chi connectivity index (χ2v) is 7.30. The lowest BCUT2D eigenvalue weighted by Gasteiger charge is -2.23. The monoisotopic (exact) mass is 365 g/mol. The van der Waals surface area contributed by atoms with Crippen LogP contribution in [0.3, 0.4) is 0 Å². The van der Waals surface area contributed by atoms with Crippen molar-refractivity contribution < 1.29 is 14.3 Å². The van der Waals surface area contributed by atoms with Crippen molar-refractivity contribution in [3.63, 3.8) is 0 Å². The molecule has 27 heavy (non-hydrogen) atoms. The fraction of sp³-hybridized carbons (Fsp3) is 0.381. The SMILES string of the molecule is COc1cccc(CN2CC[C@]3(CCN(C(=O)c4ccccn4)C3)C2=O)c1. The molecule has 0 N–H and O–H groups in total. The predicted octanol–water partition coefficient (Wildman–Crippen LogP) is 2.36. The Kier molecular flexibility index (Phi) is 4.56. The number of hydrogen-bond donors (Lipinski definition) is 0. The standard InChI is InChI=1S/C21H23N3O3/c1-27-17-6-4-5-16(13-17)14-23-11-8-21(20(23)26)9-12-24(15-21)19(25)18-7-2-3-10-22-18/h2-7,10,13H,8-9,11-12,14-15H2,1H3/t21-/m1/s1. The van der Waals surface area contributed by atoms with E-state index in [9.17, 15) is 9.59 Å². The van der Waals surface area contributed by atoms with Crippen molar-refractivity contribution in [1.29, 1.82) is 0 Å². The molecule has 0 aliphatic carbocycles. The van der Waals surface area contributed by atoms with E-state index < -0.39 is 5.41 Å². The molecule has 1 aromatic heterocycles. The maximum Gasteiger partial charge on any atom is 0.272 e. The first-order valence-electron chi connectivity index (χ1n) is 9.24. The quantitative estimate of drug-likeness (QED) is 0.834. The third kappa shape index (κ3) is 3.27. The van der Waals surface area contributed by atoms with Crippen LogP contribution in [0, 0.1) is 5.41 Å². The maximum atomic E-state index is 13.1. The van der Waals surface area contributed by atoms with Gasteiger partial charge in [0.25, 0.3) is 5.91 Å².